The van der Waals surface area contributed by atoms with Crippen LogP contribution >= 0.6 is 0 Å². The van der Waals surface area contributed by atoms with Crippen molar-refractivity contribution in [2.24, 2.45) is 10.7 Å². The second-order valence-electron chi connectivity index (χ2n) is 5.57. The van der Waals surface area contributed by atoms with Gasteiger partial charge in [-0.25, -0.2) is 4.99 Å². The molecule has 0 aliphatic heterocycles. The Morgan fingerprint density at radius 3 is 2.63 bits per heavy atom. The van der Waals surface area contributed by atoms with Crippen molar-refractivity contribution in [2.45, 2.75) is 13.5 Å². The van der Waals surface area contributed by atoms with Gasteiger partial charge in [0.1, 0.15) is 5.75 Å². The number of guanidine groups is 1. The normalized spacial score (nSPS) is 10.7. The summed E-state index contributed by atoms with van der Waals surface area (Å²) < 4.78 is 5.30. The van der Waals surface area contributed by atoms with E-state index in [4.69, 9.17) is 20.4 Å². The van der Waals surface area contributed by atoms with Gasteiger partial charge in [-0.05, 0) is 18.2 Å². The van der Waals surface area contributed by atoms with Crippen LogP contribution < -0.4 is 15.8 Å². The van der Waals surface area contributed by atoms with Gasteiger partial charge in [-0.1, -0.05) is 36.4 Å². The van der Waals surface area contributed by atoms with Crippen molar-refractivity contribution in [2.75, 3.05) is 12.4 Å². The van der Waals surface area contributed by atoms with E-state index in [1.807, 2.05) is 54.6 Å². The highest BCUT2D eigenvalue weighted by molar-refractivity contribution is 5.94. The number of rotatable bonds is 4. The number of benzene rings is 2. The molecule has 0 bridgehead atoms. The SMILES string of the molecule is CC(=O)O.COc1ccccc1CN=C(N)Nc1cnc2ccccc2c1. The van der Waals surface area contributed by atoms with Gasteiger partial charge >= 0.3 is 0 Å². The standard InChI is InChI=1S/C18H18N4O.C2H4O2/c1-23-17-9-5-3-7-14(17)11-21-18(19)22-15-10-13-6-2-4-8-16(13)20-12-15;1-2(3)4/h2-10,12H,11H2,1H3,(H3,19,21,22);1H3,(H,3,4). The molecule has 0 radical (unpaired) electrons. The van der Waals surface area contributed by atoms with E-state index >= 15 is 0 Å². The molecule has 0 amide bonds. The van der Waals surface area contributed by atoms with Crippen molar-refractivity contribution in [3.05, 3.63) is 66.4 Å². The number of carbonyl (C=O) groups is 1. The van der Waals surface area contributed by atoms with Crippen LogP contribution in [0.25, 0.3) is 10.9 Å². The van der Waals surface area contributed by atoms with Crippen LogP contribution in [-0.2, 0) is 11.3 Å². The molecule has 0 atom stereocenters. The summed E-state index contributed by atoms with van der Waals surface area (Å²) in [6, 6.07) is 17.7. The molecule has 2 aromatic carbocycles. The zero-order valence-electron chi connectivity index (χ0n) is 15.2. The fraction of sp³-hybridized carbons (Fsp3) is 0.150. The number of hydrogen-bond donors (Lipinski definition) is 3. The lowest BCUT2D eigenvalue weighted by atomic mass is 10.2. The smallest absolute Gasteiger partial charge is 0.300 e. The molecule has 3 rings (SSSR count). The minimum absolute atomic E-state index is 0.341. The summed E-state index contributed by atoms with van der Waals surface area (Å²) in [7, 11) is 1.64. The highest BCUT2D eigenvalue weighted by Crippen LogP contribution is 2.18. The molecule has 7 heteroatoms. The molecular formula is C20H22N4O3. The third-order valence-corrected chi connectivity index (χ3v) is 3.48. The zero-order chi connectivity index (χ0) is 19.6. The van der Waals surface area contributed by atoms with E-state index in [2.05, 4.69) is 15.3 Å². The Labute approximate surface area is 157 Å². The number of nitrogens with zero attached hydrogens (tertiary/aromatic N) is 2. The Bertz CT molecular complexity index is 937. The molecule has 0 saturated carbocycles. The van der Waals surface area contributed by atoms with E-state index < -0.39 is 5.97 Å². The number of carboxylic acids is 1. The van der Waals surface area contributed by atoms with E-state index in [0.717, 1.165) is 34.8 Å². The van der Waals surface area contributed by atoms with Gasteiger partial charge in [0.2, 0.25) is 0 Å². The summed E-state index contributed by atoms with van der Waals surface area (Å²) in [5.41, 5.74) is 8.70. The van der Waals surface area contributed by atoms with Crippen LogP contribution in [0.1, 0.15) is 12.5 Å². The van der Waals surface area contributed by atoms with Gasteiger partial charge in [-0.15, -0.1) is 0 Å². The maximum absolute atomic E-state index is 9.00. The maximum Gasteiger partial charge on any atom is 0.300 e. The van der Waals surface area contributed by atoms with Crippen molar-refractivity contribution >= 4 is 28.5 Å². The number of carboxylic acid groups (broad SMARTS) is 1. The molecule has 0 aliphatic carbocycles. The lowest BCUT2D eigenvalue weighted by Gasteiger charge is -2.08. The molecule has 27 heavy (non-hydrogen) atoms. The molecule has 1 heterocycles. The van der Waals surface area contributed by atoms with Gasteiger partial charge in [-0.2, -0.15) is 0 Å². The molecule has 0 spiro atoms. The zero-order valence-corrected chi connectivity index (χ0v) is 15.2. The second-order valence-corrected chi connectivity index (χ2v) is 5.57. The van der Waals surface area contributed by atoms with Crippen molar-refractivity contribution in [1.82, 2.24) is 4.98 Å². The molecule has 0 fully saturated rings. The number of aliphatic imine (C=N–C) groups is 1. The van der Waals surface area contributed by atoms with Gasteiger partial charge in [0.05, 0.1) is 31.1 Å². The van der Waals surface area contributed by atoms with Gasteiger partial charge in [0, 0.05) is 17.9 Å². The number of ether oxygens (including phenoxy) is 1. The molecule has 0 aliphatic rings. The number of methoxy groups -OCH3 is 1. The number of pyridine rings is 1. The first-order valence-corrected chi connectivity index (χ1v) is 8.22. The Kier molecular flexibility index (Phi) is 7.13. The first kappa shape index (κ1) is 19.7. The summed E-state index contributed by atoms with van der Waals surface area (Å²) in [5.74, 6) is 0.310. The number of aliphatic carboxylic acids is 1. The van der Waals surface area contributed by atoms with Crippen LogP contribution in [-0.4, -0.2) is 29.1 Å². The summed E-state index contributed by atoms with van der Waals surface area (Å²) in [6.07, 6.45) is 1.74. The van der Waals surface area contributed by atoms with Gasteiger partial charge in [-0.3, -0.25) is 9.78 Å². The third-order valence-electron chi connectivity index (χ3n) is 3.48. The Morgan fingerprint density at radius 1 is 1.22 bits per heavy atom. The third kappa shape index (κ3) is 6.32. The van der Waals surface area contributed by atoms with Crippen molar-refractivity contribution in [3.63, 3.8) is 0 Å². The Balaban J connectivity index is 0.000000596. The van der Waals surface area contributed by atoms with Gasteiger partial charge < -0.3 is 20.9 Å². The van der Waals surface area contributed by atoms with Crippen molar-refractivity contribution in [3.8, 4) is 5.75 Å². The first-order chi connectivity index (χ1) is 13.0. The predicted molar refractivity (Wildman–Crippen MR) is 107 cm³/mol. The first-order valence-electron chi connectivity index (χ1n) is 8.22. The van der Waals surface area contributed by atoms with Gasteiger partial charge in [0.25, 0.3) is 5.97 Å². The van der Waals surface area contributed by atoms with E-state index in [9.17, 15) is 0 Å². The molecule has 7 nitrogen and oxygen atoms in total. The minimum Gasteiger partial charge on any atom is -0.496 e. The van der Waals surface area contributed by atoms with Crippen molar-refractivity contribution in [1.29, 1.82) is 0 Å². The van der Waals surface area contributed by atoms with Crippen LogP contribution in [0.3, 0.4) is 0 Å². The lowest BCUT2D eigenvalue weighted by molar-refractivity contribution is -0.134. The Hall–Kier alpha value is -3.61. The summed E-state index contributed by atoms with van der Waals surface area (Å²) in [6.45, 7) is 1.53. The molecular weight excluding hydrogens is 344 g/mol. The number of hydrogen-bond acceptors (Lipinski definition) is 4. The van der Waals surface area contributed by atoms with Crippen LogP contribution in [0, 0.1) is 0 Å². The number of para-hydroxylation sites is 2. The number of anilines is 1. The fourth-order valence-corrected chi connectivity index (χ4v) is 2.33. The average molecular weight is 366 g/mol. The summed E-state index contributed by atoms with van der Waals surface area (Å²) in [4.78, 5) is 17.7. The van der Waals surface area contributed by atoms with Crippen LogP contribution in [0.5, 0.6) is 5.75 Å². The highest BCUT2D eigenvalue weighted by atomic mass is 16.5. The highest BCUT2D eigenvalue weighted by Gasteiger charge is 2.02. The lowest BCUT2D eigenvalue weighted by Crippen LogP contribution is -2.22. The molecule has 0 unspecified atom stereocenters. The molecule has 3 aromatic rings. The maximum atomic E-state index is 9.00. The molecule has 140 valence electrons. The van der Waals surface area contributed by atoms with E-state index in [1.54, 1.807) is 13.3 Å². The number of nitrogens with one attached hydrogen (secondary N) is 1. The largest absolute Gasteiger partial charge is 0.496 e. The molecule has 4 N–H and O–H groups in total. The van der Waals surface area contributed by atoms with Crippen molar-refractivity contribution < 1.29 is 14.6 Å². The molecule has 0 saturated heterocycles. The number of nitrogens with two attached hydrogens (primary N) is 1. The van der Waals surface area contributed by atoms with Gasteiger partial charge in [0.15, 0.2) is 5.96 Å². The monoisotopic (exact) mass is 366 g/mol. The second kappa shape index (κ2) is 9.76. The minimum atomic E-state index is -0.833. The van der Waals surface area contributed by atoms with E-state index in [-0.39, 0.29) is 0 Å². The van der Waals surface area contributed by atoms with Crippen LogP contribution in [0.2, 0.25) is 0 Å². The average Bonchev–Trinajstić information content (AvgIpc) is 2.66. The number of fused-ring (bicyclic) bond motifs is 1. The predicted octanol–water partition coefficient (Wildman–Crippen LogP) is 3.26. The van der Waals surface area contributed by atoms with E-state index in [0.29, 0.717) is 12.5 Å². The Morgan fingerprint density at radius 2 is 1.89 bits per heavy atom. The number of aromatic nitrogens is 1. The topological polar surface area (TPSA) is 110 Å². The van der Waals surface area contributed by atoms with Crippen LogP contribution in [0.4, 0.5) is 5.69 Å². The van der Waals surface area contributed by atoms with Crippen LogP contribution in [0.15, 0.2) is 65.8 Å². The van der Waals surface area contributed by atoms with E-state index in [1.165, 1.54) is 0 Å². The summed E-state index contributed by atoms with van der Waals surface area (Å²) in [5, 5.41) is 11.5. The summed E-state index contributed by atoms with van der Waals surface area (Å²) >= 11 is 0. The quantitative estimate of drug-likeness (QED) is 0.483. The molecule has 1 aromatic heterocycles. The fourth-order valence-electron chi connectivity index (χ4n) is 2.33.